The van der Waals surface area contributed by atoms with Crippen LogP contribution in [-0.2, 0) is 0 Å². The smallest absolute Gasteiger partial charge is 0.276 e. The van der Waals surface area contributed by atoms with Crippen LogP contribution in [0, 0.1) is 0 Å². The van der Waals surface area contributed by atoms with E-state index in [1.165, 1.54) is 11.8 Å². The van der Waals surface area contributed by atoms with Gasteiger partial charge >= 0.3 is 0 Å². The number of nitrogens with zero attached hydrogens (tertiary/aromatic N) is 2. The number of para-hydroxylation sites is 1. The first kappa shape index (κ1) is 15.4. The van der Waals surface area contributed by atoms with Gasteiger partial charge in [-0.15, -0.1) is 10.2 Å². The highest BCUT2D eigenvalue weighted by atomic mass is 32.2. The van der Waals surface area contributed by atoms with Gasteiger partial charge in [-0.2, -0.15) is 0 Å². The molecular weight excluding hydrogens is 312 g/mol. The number of thioether (sulfide) groups is 1. The summed E-state index contributed by atoms with van der Waals surface area (Å²) >= 11 is 1.47. The highest BCUT2D eigenvalue weighted by molar-refractivity contribution is 7.99. The third kappa shape index (κ3) is 4.26. The predicted octanol–water partition coefficient (Wildman–Crippen LogP) is 3.92. The van der Waals surface area contributed by atoms with Crippen molar-refractivity contribution in [2.45, 2.75) is 5.22 Å². The van der Waals surface area contributed by atoms with E-state index in [1.54, 1.807) is 7.11 Å². The van der Waals surface area contributed by atoms with Crippen molar-refractivity contribution in [2.24, 2.45) is 0 Å². The molecule has 3 aromatic rings. The fourth-order valence-corrected chi connectivity index (χ4v) is 2.50. The van der Waals surface area contributed by atoms with E-state index in [2.05, 4.69) is 10.2 Å². The number of hydrogen-bond donors (Lipinski definition) is 0. The van der Waals surface area contributed by atoms with E-state index < -0.39 is 0 Å². The van der Waals surface area contributed by atoms with Gasteiger partial charge in [0, 0.05) is 11.3 Å². The molecule has 0 atom stereocenters. The largest absolute Gasteiger partial charge is 0.497 e. The third-order valence-electron chi connectivity index (χ3n) is 3.06. The van der Waals surface area contributed by atoms with E-state index in [0.717, 1.165) is 22.8 Å². The molecule has 0 aliphatic heterocycles. The average molecular weight is 328 g/mol. The SMILES string of the molecule is COc1ccc(-c2nnc(SCCOc3ccccc3)o2)cc1. The Kier molecular flexibility index (Phi) is 5.16. The number of methoxy groups -OCH3 is 1. The minimum absolute atomic E-state index is 0.499. The van der Waals surface area contributed by atoms with Gasteiger partial charge in [0.25, 0.3) is 5.22 Å². The number of aromatic nitrogens is 2. The van der Waals surface area contributed by atoms with E-state index in [4.69, 9.17) is 13.9 Å². The molecule has 1 heterocycles. The zero-order chi connectivity index (χ0) is 15.9. The molecule has 1 aromatic heterocycles. The van der Waals surface area contributed by atoms with Gasteiger partial charge in [0.05, 0.1) is 13.7 Å². The lowest BCUT2D eigenvalue weighted by Gasteiger charge is -2.03. The average Bonchev–Trinajstić information content (AvgIpc) is 3.09. The van der Waals surface area contributed by atoms with Crippen molar-refractivity contribution in [3.63, 3.8) is 0 Å². The number of benzene rings is 2. The zero-order valence-electron chi connectivity index (χ0n) is 12.6. The Bertz CT molecular complexity index is 729. The molecule has 0 radical (unpaired) electrons. The van der Waals surface area contributed by atoms with E-state index in [-0.39, 0.29) is 0 Å². The standard InChI is InChI=1S/C17H16N2O3S/c1-20-14-9-7-13(8-10-14)16-18-19-17(22-16)23-12-11-21-15-5-3-2-4-6-15/h2-10H,11-12H2,1H3. The summed E-state index contributed by atoms with van der Waals surface area (Å²) in [5.74, 6) is 2.89. The number of ether oxygens (including phenoxy) is 2. The zero-order valence-corrected chi connectivity index (χ0v) is 13.5. The fourth-order valence-electron chi connectivity index (χ4n) is 1.92. The van der Waals surface area contributed by atoms with Gasteiger partial charge < -0.3 is 13.9 Å². The normalized spacial score (nSPS) is 10.5. The van der Waals surface area contributed by atoms with Gasteiger partial charge in [0.1, 0.15) is 11.5 Å². The van der Waals surface area contributed by atoms with Crippen LogP contribution in [0.5, 0.6) is 11.5 Å². The minimum atomic E-state index is 0.499. The number of rotatable bonds is 7. The molecule has 0 amide bonds. The molecule has 0 bridgehead atoms. The third-order valence-corrected chi connectivity index (χ3v) is 3.85. The van der Waals surface area contributed by atoms with Crippen LogP contribution in [0.25, 0.3) is 11.5 Å². The Hall–Kier alpha value is -2.47. The maximum atomic E-state index is 5.64. The molecule has 0 saturated carbocycles. The van der Waals surface area contributed by atoms with Crippen LogP contribution in [0.3, 0.4) is 0 Å². The van der Waals surface area contributed by atoms with Gasteiger partial charge in [-0.25, -0.2) is 0 Å². The summed E-state index contributed by atoms with van der Waals surface area (Å²) in [7, 11) is 1.63. The monoisotopic (exact) mass is 328 g/mol. The molecule has 23 heavy (non-hydrogen) atoms. The Morgan fingerprint density at radius 3 is 2.48 bits per heavy atom. The Morgan fingerprint density at radius 1 is 0.957 bits per heavy atom. The van der Waals surface area contributed by atoms with E-state index in [1.807, 2.05) is 54.6 Å². The second kappa shape index (κ2) is 7.69. The Labute approximate surface area is 138 Å². The molecular formula is C17H16N2O3S. The van der Waals surface area contributed by atoms with Crippen molar-refractivity contribution < 1.29 is 13.9 Å². The Balaban J connectivity index is 1.51. The molecule has 0 aliphatic rings. The van der Waals surface area contributed by atoms with Gasteiger partial charge in [-0.05, 0) is 36.4 Å². The van der Waals surface area contributed by atoms with Gasteiger partial charge in [0.15, 0.2) is 0 Å². The molecule has 6 heteroatoms. The first-order valence-corrected chi connectivity index (χ1v) is 8.12. The Morgan fingerprint density at radius 2 is 1.74 bits per heavy atom. The lowest BCUT2D eigenvalue weighted by molar-refractivity contribution is 0.343. The van der Waals surface area contributed by atoms with Crippen molar-refractivity contribution in [3.05, 3.63) is 54.6 Å². The van der Waals surface area contributed by atoms with E-state index in [0.29, 0.717) is 17.7 Å². The van der Waals surface area contributed by atoms with Gasteiger partial charge in [-0.3, -0.25) is 0 Å². The second-order valence-corrected chi connectivity index (χ2v) is 5.66. The maximum absolute atomic E-state index is 5.64. The summed E-state index contributed by atoms with van der Waals surface area (Å²) in [6.45, 7) is 0.578. The van der Waals surface area contributed by atoms with Crippen LogP contribution in [0.1, 0.15) is 0 Å². The van der Waals surface area contributed by atoms with Crippen LogP contribution >= 0.6 is 11.8 Å². The summed E-state index contributed by atoms with van der Waals surface area (Å²) < 4.78 is 16.4. The maximum Gasteiger partial charge on any atom is 0.276 e. The fraction of sp³-hybridized carbons (Fsp3) is 0.176. The predicted molar refractivity (Wildman–Crippen MR) is 88.9 cm³/mol. The quantitative estimate of drug-likeness (QED) is 0.484. The lowest BCUT2D eigenvalue weighted by Crippen LogP contribution is -1.99. The summed E-state index contributed by atoms with van der Waals surface area (Å²) in [4.78, 5) is 0. The van der Waals surface area contributed by atoms with Crippen molar-refractivity contribution >= 4 is 11.8 Å². The highest BCUT2D eigenvalue weighted by Gasteiger charge is 2.09. The van der Waals surface area contributed by atoms with Gasteiger partial charge in [-0.1, -0.05) is 30.0 Å². The van der Waals surface area contributed by atoms with Crippen molar-refractivity contribution in [3.8, 4) is 23.0 Å². The topological polar surface area (TPSA) is 57.4 Å². The first-order chi connectivity index (χ1) is 11.3. The molecule has 0 saturated heterocycles. The molecule has 0 aliphatic carbocycles. The van der Waals surface area contributed by atoms with Crippen molar-refractivity contribution in [1.82, 2.24) is 10.2 Å². The highest BCUT2D eigenvalue weighted by Crippen LogP contribution is 2.24. The summed E-state index contributed by atoms with van der Waals surface area (Å²) in [5, 5.41) is 8.63. The second-order valence-electron chi connectivity index (χ2n) is 4.61. The minimum Gasteiger partial charge on any atom is -0.497 e. The van der Waals surface area contributed by atoms with Crippen molar-refractivity contribution in [2.75, 3.05) is 19.5 Å². The van der Waals surface area contributed by atoms with Crippen LogP contribution < -0.4 is 9.47 Å². The summed E-state index contributed by atoms with van der Waals surface area (Å²) in [6, 6.07) is 17.2. The number of hydrogen-bond acceptors (Lipinski definition) is 6. The molecule has 0 fully saturated rings. The molecule has 0 spiro atoms. The lowest BCUT2D eigenvalue weighted by atomic mass is 10.2. The summed E-state index contributed by atoms with van der Waals surface area (Å²) in [5.41, 5.74) is 0.866. The van der Waals surface area contributed by atoms with Crippen LogP contribution in [0.4, 0.5) is 0 Å². The van der Waals surface area contributed by atoms with Crippen LogP contribution in [0.2, 0.25) is 0 Å². The molecule has 3 rings (SSSR count). The van der Waals surface area contributed by atoms with Gasteiger partial charge in [0.2, 0.25) is 5.89 Å². The molecule has 0 unspecified atom stereocenters. The first-order valence-electron chi connectivity index (χ1n) is 7.14. The molecule has 2 aromatic carbocycles. The van der Waals surface area contributed by atoms with E-state index in [9.17, 15) is 0 Å². The molecule has 0 N–H and O–H groups in total. The van der Waals surface area contributed by atoms with Crippen LogP contribution in [-0.4, -0.2) is 29.7 Å². The van der Waals surface area contributed by atoms with Crippen LogP contribution in [0.15, 0.2) is 64.2 Å². The van der Waals surface area contributed by atoms with E-state index >= 15 is 0 Å². The molecule has 118 valence electrons. The van der Waals surface area contributed by atoms with Crippen molar-refractivity contribution in [1.29, 1.82) is 0 Å². The molecule has 5 nitrogen and oxygen atoms in total. The summed E-state index contributed by atoms with van der Waals surface area (Å²) in [6.07, 6.45) is 0.